The lowest BCUT2D eigenvalue weighted by Crippen LogP contribution is -2.14. The van der Waals surface area contributed by atoms with Crippen LogP contribution in [0.5, 0.6) is 5.75 Å². The van der Waals surface area contributed by atoms with Gasteiger partial charge in [-0.1, -0.05) is 29.3 Å². The third-order valence-electron chi connectivity index (χ3n) is 3.80. The van der Waals surface area contributed by atoms with Crippen LogP contribution in [0.1, 0.15) is 11.3 Å². The number of methoxy groups -OCH3 is 1. The number of imidazole rings is 1. The highest BCUT2D eigenvalue weighted by molar-refractivity contribution is 6.42. The van der Waals surface area contributed by atoms with Gasteiger partial charge in [0.25, 0.3) is 0 Å². The molecule has 1 amide bonds. The van der Waals surface area contributed by atoms with Gasteiger partial charge in [0, 0.05) is 18.0 Å². The molecule has 3 rings (SSSR count). The van der Waals surface area contributed by atoms with Crippen molar-refractivity contribution in [2.75, 3.05) is 12.4 Å². The molecule has 7 heteroatoms. The van der Waals surface area contributed by atoms with Crippen LogP contribution < -0.4 is 10.1 Å². The highest BCUT2D eigenvalue weighted by Crippen LogP contribution is 2.27. The zero-order chi connectivity index (χ0) is 18.7. The molecule has 0 spiro atoms. The Kier molecular flexibility index (Phi) is 5.49. The van der Waals surface area contributed by atoms with E-state index in [4.69, 9.17) is 27.9 Å². The first kappa shape index (κ1) is 18.3. The number of hydrogen-bond donors (Lipinski definition) is 1. The maximum Gasteiger partial charge on any atom is 0.228 e. The minimum absolute atomic E-state index is 0.156. The number of nitrogens with zero attached hydrogens (tertiary/aromatic N) is 2. The fourth-order valence-corrected chi connectivity index (χ4v) is 2.88. The third kappa shape index (κ3) is 4.18. The Morgan fingerprint density at radius 2 is 2.00 bits per heavy atom. The number of carbonyl (C=O) groups is 1. The minimum atomic E-state index is -0.156. The van der Waals surface area contributed by atoms with E-state index < -0.39 is 0 Å². The topological polar surface area (TPSA) is 56.1 Å². The van der Waals surface area contributed by atoms with Crippen LogP contribution >= 0.6 is 23.2 Å². The lowest BCUT2D eigenvalue weighted by Gasteiger charge is -2.12. The number of carbonyl (C=O) groups excluding carboxylic acids is 1. The Morgan fingerprint density at radius 3 is 2.65 bits per heavy atom. The third-order valence-corrected chi connectivity index (χ3v) is 4.54. The number of aromatic nitrogens is 2. The average Bonchev–Trinajstić information content (AvgIpc) is 3.04. The molecule has 26 heavy (non-hydrogen) atoms. The molecule has 0 aliphatic heterocycles. The quantitative estimate of drug-likeness (QED) is 0.689. The van der Waals surface area contributed by atoms with Crippen molar-refractivity contribution in [2.45, 2.75) is 13.3 Å². The Hall–Kier alpha value is -2.50. The molecule has 0 aliphatic carbocycles. The second-order valence-corrected chi connectivity index (χ2v) is 6.60. The van der Waals surface area contributed by atoms with E-state index in [2.05, 4.69) is 10.3 Å². The van der Waals surface area contributed by atoms with E-state index in [1.165, 1.54) is 0 Å². The SMILES string of the molecule is COc1cc(NC(=O)Cc2ccc(Cl)c(Cl)c2)ccc1-n1cnc(C)c1. The molecule has 0 saturated heterocycles. The summed E-state index contributed by atoms with van der Waals surface area (Å²) in [5.41, 5.74) is 3.18. The van der Waals surface area contributed by atoms with Crippen LogP contribution in [0.3, 0.4) is 0 Å². The van der Waals surface area contributed by atoms with E-state index in [1.807, 2.05) is 29.8 Å². The van der Waals surface area contributed by atoms with E-state index in [1.54, 1.807) is 37.7 Å². The van der Waals surface area contributed by atoms with Crippen molar-refractivity contribution in [3.63, 3.8) is 0 Å². The summed E-state index contributed by atoms with van der Waals surface area (Å²) in [6, 6.07) is 10.6. The standard InChI is InChI=1S/C19H17Cl2N3O2/c1-12-10-24(11-22-12)17-6-4-14(9-18(17)26-2)23-19(25)8-13-3-5-15(20)16(21)7-13/h3-7,9-11H,8H2,1-2H3,(H,23,25). The van der Waals surface area contributed by atoms with Gasteiger partial charge in [0.1, 0.15) is 5.75 Å². The van der Waals surface area contributed by atoms with Gasteiger partial charge in [-0.15, -0.1) is 0 Å². The Balaban J connectivity index is 1.75. The summed E-state index contributed by atoms with van der Waals surface area (Å²) in [6.45, 7) is 1.92. The fourth-order valence-electron chi connectivity index (χ4n) is 2.56. The first-order chi connectivity index (χ1) is 12.5. The number of aryl methyl sites for hydroxylation is 1. The van der Waals surface area contributed by atoms with Gasteiger partial charge in [-0.2, -0.15) is 0 Å². The van der Waals surface area contributed by atoms with Gasteiger partial charge in [-0.25, -0.2) is 4.98 Å². The number of hydrogen-bond acceptors (Lipinski definition) is 3. The lowest BCUT2D eigenvalue weighted by atomic mass is 10.1. The van der Waals surface area contributed by atoms with Gasteiger partial charge in [0.05, 0.1) is 41.3 Å². The number of ether oxygens (including phenoxy) is 1. The van der Waals surface area contributed by atoms with Gasteiger partial charge < -0.3 is 14.6 Å². The normalized spacial score (nSPS) is 10.6. The van der Waals surface area contributed by atoms with Crippen LogP contribution in [0.25, 0.3) is 5.69 Å². The molecule has 0 saturated carbocycles. The van der Waals surface area contributed by atoms with Crippen molar-refractivity contribution < 1.29 is 9.53 Å². The zero-order valence-electron chi connectivity index (χ0n) is 14.3. The molecular weight excluding hydrogens is 373 g/mol. The van der Waals surface area contributed by atoms with Crippen LogP contribution in [0.2, 0.25) is 10.0 Å². The molecule has 1 heterocycles. The Labute approximate surface area is 161 Å². The van der Waals surface area contributed by atoms with Crippen LogP contribution in [0.4, 0.5) is 5.69 Å². The van der Waals surface area contributed by atoms with Gasteiger partial charge in [0.2, 0.25) is 5.91 Å². The first-order valence-electron chi connectivity index (χ1n) is 7.89. The molecule has 5 nitrogen and oxygen atoms in total. The fraction of sp³-hybridized carbons (Fsp3) is 0.158. The number of nitrogens with one attached hydrogen (secondary N) is 1. The van der Waals surface area contributed by atoms with Crippen molar-refractivity contribution in [3.8, 4) is 11.4 Å². The van der Waals surface area contributed by atoms with E-state index in [9.17, 15) is 4.79 Å². The molecule has 0 aliphatic rings. The molecule has 0 radical (unpaired) electrons. The Morgan fingerprint density at radius 1 is 1.19 bits per heavy atom. The van der Waals surface area contributed by atoms with E-state index in [0.29, 0.717) is 21.5 Å². The van der Waals surface area contributed by atoms with Gasteiger partial charge in [-0.3, -0.25) is 4.79 Å². The van der Waals surface area contributed by atoms with E-state index >= 15 is 0 Å². The summed E-state index contributed by atoms with van der Waals surface area (Å²) in [7, 11) is 1.59. The molecule has 1 aromatic heterocycles. The van der Waals surface area contributed by atoms with Crippen molar-refractivity contribution in [2.24, 2.45) is 0 Å². The number of benzene rings is 2. The van der Waals surface area contributed by atoms with Crippen LogP contribution in [-0.2, 0) is 11.2 Å². The number of amides is 1. The lowest BCUT2D eigenvalue weighted by molar-refractivity contribution is -0.115. The smallest absolute Gasteiger partial charge is 0.228 e. The van der Waals surface area contributed by atoms with Gasteiger partial charge >= 0.3 is 0 Å². The van der Waals surface area contributed by atoms with Crippen LogP contribution in [0, 0.1) is 6.92 Å². The summed E-state index contributed by atoms with van der Waals surface area (Å²) in [4.78, 5) is 16.5. The Bertz CT molecular complexity index is 954. The number of halogens is 2. The number of anilines is 1. The molecule has 1 N–H and O–H groups in total. The minimum Gasteiger partial charge on any atom is -0.494 e. The molecule has 2 aromatic carbocycles. The molecule has 134 valence electrons. The average molecular weight is 390 g/mol. The van der Waals surface area contributed by atoms with Crippen LogP contribution in [-0.4, -0.2) is 22.6 Å². The largest absolute Gasteiger partial charge is 0.494 e. The van der Waals surface area contributed by atoms with Gasteiger partial charge in [-0.05, 0) is 36.8 Å². The summed E-state index contributed by atoms with van der Waals surface area (Å²) in [5.74, 6) is 0.478. The molecule has 0 fully saturated rings. The summed E-state index contributed by atoms with van der Waals surface area (Å²) in [6.07, 6.45) is 3.82. The van der Waals surface area contributed by atoms with E-state index in [-0.39, 0.29) is 12.3 Å². The molecule has 3 aromatic rings. The van der Waals surface area contributed by atoms with Crippen molar-refractivity contribution in [1.29, 1.82) is 0 Å². The maximum atomic E-state index is 12.3. The number of rotatable bonds is 5. The summed E-state index contributed by atoms with van der Waals surface area (Å²) >= 11 is 11.9. The molecule has 0 bridgehead atoms. The predicted molar refractivity (Wildman–Crippen MR) is 104 cm³/mol. The first-order valence-corrected chi connectivity index (χ1v) is 8.64. The van der Waals surface area contributed by atoms with Gasteiger partial charge in [0.15, 0.2) is 0 Å². The second kappa shape index (κ2) is 7.81. The van der Waals surface area contributed by atoms with Crippen molar-refractivity contribution in [1.82, 2.24) is 9.55 Å². The summed E-state index contributed by atoms with van der Waals surface area (Å²) < 4.78 is 7.32. The monoisotopic (exact) mass is 389 g/mol. The molecular formula is C19H17Cl2N3O2. The zero-order valence-corrected chi connectivity index (χ0v) is 15.8. The highest BCUT2D eigenvalue weighted by atomic mass is 35.5. The second-order valence-electron chi connectivity index (χ2n) is 5.78. The maximum absolute atomic E-state index is 12.3. The summed E-state index contributed by atoms with van der Waals surface area (Å²) in [5, 5.41) is 3.76. The van der Waals surface area contributed by atoms with E-state index in [0.717, 1.165) is 16.9 Å². The van der Waals surface area contributed by atoms with Crippen molar-refractivity contribution >= 4 is 34.8 Å². The molecule has 0 atom stereocenters. The van der Waals surface area contributed by atoms with Crippen LogP contribution in [0.15, 0.2) is 48.9 Å². The highest BCUT2D eigenvalue weighted by Gasteiger charge is 2.10. The van der Waals surface area contributed by atoms with Crippen molar-refractivity contribution in [3.05, 3.63) is 70.2 Å². The molecule has 0 unspecified atom stereocenters. The predicted octanol–water partition coefficient (Wildman–Crippen LogP) is 4.68.